The summed E-state index contributed by atoms with van der Waals surface area (Å²) in [6.45, 7) is 4.80. The van der Waals surface area contributed by atoms with E-state index in [1.54, 1.807) is 24.5 Å². The quantitative estimate of drug-likeness (QED) is 0.217. The molecule has 2 aromatic heterocycles. The number of aromatic nitrogens is 4. The Kier molecular flexibility index (Phi) is 7.99. The average Bonchev–Trinajstić information content (AvgIpc) is 3.14. The molecule has 0 saturated carbocycles. The van der Waals surface area contributed by atoms with Crippen LogP contribution in [0.5, 0.6) is 0 Å². The van der Waals surface area contributed by atoms with Gasteiger partial charge < -0.3 is 9.88 Å². The molecular formula is C20H20ClN7OS. The number of benzene rings is 1. The highest BCUT2D eigenvalue weighted by Crippen LogP contribution is 2.19. The molecule has 1 aromatic carbocycles. The fraction of sp³-hybridized carbons (Fsp3) is 0.150. The number of nitrogens with zero attached hydrogens (tertiary/aromatic N) is 5. The van der Waals surface area contributed by atoms with E-state index in [2.05, 4.69) is 37.6 Å². The summed E-state index contributed by atoms with van der Waals surface area (Å²) in [6.07, 6.45) is 6.63. The van der Waals surface area contributed by atoms with Crippen molar-refractivity contribution in [1.82, 2.24) is 25.2 Å². The van der Waals surface area contributed by atoms with E-state index in [1.807, 2.05) is 34.9 Å². The van der Waals surface area contributed by atoms with Gasteiger partial charge in [-0.15, -0.1) is 16.8 Å². The summed E-state index contributed by atoms with van der Waals surface area (Å²) in [5.41, 5.74) is 4.22. The molecule has 0 saturated heterocycles. The number of amides is 1. The van der Waals surface area contributed by atoms with Crippen LogP contribution in [-0.4, -0.2) is 37.6 Å². The Hall–Kier alpha value is -3.17. The highest BCUT2D eigenvalue weighted by molar-refractivity contribution is 7.99. The number of carbonyl (C=O) groups is 1. The van der Waals surface area contributed by atoms with E-state index in [0.29, 0.717) is 23.3 Å². The zero-order valence-electron chi connectivity index (χ0n) is 16.0. The van der Waals surface area contributed by atoms with Crippen LogP contribution in [0.15, 0.2) is 71.7 Å². The lowest BCUT2D eigenvalue weighted by Gasteiger charge is -2.09. The predicted octanol–water partition coefficient (Wildman–Crippen LogP) is 3.37. The first-order valence-electron chi connectivity index (χ1n) is 9.03. The van der Waals surface area contributed by atoms with Gasteiger partial charge in [0.05, 0.1) is 18.5 Å². The minimum absolute atomic E-state index is 0.157. The molecule has 0 atom stereocenters. The van der Waals surface area contributed by atoms with Crippen molar-refractivity contribution in [2.24, 2.45) is 5.10 Å². The monoisotopic (exact) mass is 441 g/mol. The summed E-state index contributed by atoms with van der Waals surface area (Å²) >= 11 is 7.19. The predicted molar refractivity (Wildman–Crippen MR) is 120 cm³/mol. The van der Waals surface area contributed by atoms with Crippen LogP contribution in [0.25, 0.3) is 0 Å². The largest absolute Gasteiger partial charge is 0.378 e. The molecule has 3 aromatic rings. The van der Waals surface area contributed by atoms with E-state index >= 15 is 0 Å². The zero-order chi connectivity index (χ0) is 21.2. The van der Waals surface area contributed by atoms with Gasteiger partial charge in [-0.25, -0.2) is 5.43 Å². The van der Waals surface area contributed by atoms with Gasteiger partial charge in [-0.2, -0.15) is 5.10 Å². The SMILES string of the molecule is C=CCn1c(CNc2ccc(Cl)cc2)nnc1SCC(=O)NN=Cc1cccnc1. The number of thioether (sulfide) groups is 1. The van der Waals surface area contributed by atoms with Gasteiger partial charge in [-0.1, -0.05) is 35.5 Å². The second-order valence-electron chi connectivity index (χ2n) is 6.03. The molecule has 0 aliphatic carbocycles. The van der Waals surface area contributed by atoms with Crippen LogP contribution in [-0.2, 0) is 17.9 Å². The molecule has 0 spiro atoms. The van der Waals surface area contributed by atoms with Gasteiger partial charge in [0.25, 0.3) is 5.91 Å². The van der Waals surface area contributed by atoms with Crippen LogP contribution < -0.4 is 10.7 Å². The summed E-state index contributed by atoms with van der Waals surface area (Å²) in [4.78, 5) is 16.0. The number of nitrogens with one attached hydrogen (secondary N) is 2. The van der Waals surface area contributed by atoms with Gasteiger partial charge in [0, 0.05) is 35.2 Å². The van der Waals surface area contributed by atoms with Crippen molar-refractivity contribution in [3.63, 3.8) is 0 Å². The maximum absolute atomic E-state index is 12.1. The van der Waals surface area contributed by atoms with Gasteiger partial charge in [0.15, 0.2) is 11.0 Å². The van der Waals surface area contributed by atoms with Crippen molar-refractivity contribution in [3.8, 4) is 0 Å². The normalized spacial score (nSPS) is 10.8. The third-order valence-electron chi connectivity index (χ3n) is 3.82. The highest BCUT2D eigenvalue weighted by atomic mass is 35.5. The number of rotatable bonds is 10. The Morgan fingerprint density at radius 2 is 2.10 bits per heavy atom. The van der Waals surface area contributed by atoms with Crippen LogP contribution in [0.2, 0.25) is 5.02 Å². The van der Waals surface area contributed by atoms with Gasteiger partial charge in [-0.05, 0) is 30.3 Å². The molecule has 0 aliphatic heterocycles. The molecule has 0 aliphatic rings. The molecule has 154 valence electrons. The van der Waals surface area contributed by atoms with E-state index in [9.17, 15) is 4.79 Å². The smallest absolute Gasteiger partial charge is 0.250 e. The molecule has 0 fully saturated rings. The number of halogens is 1. The lowest BCUT2D eigenvalue weighted by molar-refractivity contribution is -0.118. The number of allylic oxidation sites excluding steroid dienone is 1. The van der Waals surface area contributed by atoms with Crippen molar-refractivity contribution < 1.29 is 4.79 Å². The van der Waals surface area contributed by atoms with Crippen molar-refractivity contribution in [3.05, 3.63) is 77.9 Å². The number of pyridine rings is 1. The number of hydrazone groups is 1. The minimum Gasteiger partial charge on any atom is -0.378 e. The average molecular weight is 442 g/mol. The fourth-order valence-corrected chi connectivity index (χ4v) is 3.30. The molecule has 0 bridgehead atoms. The van der Waals surface area contributed by atoms with Crippen molar-refractivity contribution in [2.45, 2.75) is 18.2 Å². The molecule has 0 unspecified atom stereocenters. The van der Waals surface area contributed by atoms with Gasteiger partial charge in [-0.3, -0.25) is 9.78 Å². The van der Waals surface area contributed by atoms with E-state index in [-0.39, 0.29) is 11.7 Å². The first kappa shape index (κ1) is 21.5. The maximum Gasteiger partial charge on any atom is 0.250 e. The molecule has 1 amide bonds. The molecule has 30 heavy (non-hydrogen) atoms. The summed E-state index contributed by atoms with van der Waals surface area (Å²) in [5, 5.41) is 17.0. The molecule has 3 rings (SSSR count). The molecule has 10 heteroatoms. The standard InChI is InChI=1S/C20H20ClN7OS/c1-2-10-28-18(13-23-17-7-5-16(21)6-8-17)25-27-20(28)30-14-19(29)26-24-12-15-4-3-9-22-11-15/h2-9,11-12,23H,1,10,13-14H2,(H,26,29). The molecule has 2 heterocycles. The van der Waals surface area contributed by atoms with Gasteiger partial charge in [0.2, 0.25) is 0 Å². The Morgan fingerprint density at radius 1 is 1.27 bits per heavy atom. The third-order valence-corrected chi connectivity index (χ3v) is 5.04. The summed E-state index contributed by atoms with van der Waals surface area (Å²) in [7, 11) is 0. The van der Waals surface area contributed by atoms with Crippen LogP contribution >= 0.6 is 23.4 Å². The molecule has 8 nitrogen and oxygen atoms in total. The van der Waals surface area contributed by atoms with Crippen LogP contribution in [0.4, 0.5) is 5.69 Å². The summed E-state index contributed by atoms with van der Waals surface area (Å²) in [6, 6.07) is 11.1. The fourth-order valence-electron chi connectivity index (χ4n) is 2.41. The first-order chi connectivity index (χ1) is 14.7. The molecule has 0 radical (unpaired) electrons. The lowest BCUT2D eigenvalue weighted by atomic mass is 10.3. The van der Waals surface area contributed by atoms with E-state index in [1.165, 1.54) is 18.0 Å². The van der Waals surface area contributed by atoms with E-state index in [0.717, 1.165) is 17.1 Å². The first-order valence-corrected chi connectivity index (χ1v) is 10.4. The Balaban J connectivity index is 1.54. The van der Waals surface area contributed by atoms with Crippen LogP contribution in [0.1, 0.15) is 11.4 Å². The number of hydrogen-bond donors (Lipinski definition) is 2. The highest BCUT2D eigenvalue weighted by Gasteiger charge is 2.13. The van der Waals surface area contributed by atoms with E-state index in [4.69, 9.17) is 11.6 Å². The Morgan fingerprint density at radius 3 is 2.83 bits per heavy atom. The van der Waals surface area contributed by atoms with Crippen LogP contribution in [0, 0.1) is 0 Å². The van der Waals surface area contributed by atoms with Crippen LogP contribution in [0.3, 0.4) is 0 Å². The lowest BCUT2D eigenvalue weighted by Crippen LogP contribution is -2.20. The van der Waals surface area contributed by atoms with E-state index < -0.39 is 0 Å². The third kappa shape index (κ3) is 6.43. The summed E-state index contributed by atoms with van der Waals surface area (Å²) in [5.74, 6) is 0.654. The van der Waals surface area contributed by atoms with Gasteiger partial charge >= 0.3 is 0 Å². The Labute approximate surface area is 183 Å². The number of anilines is 1. The Bertz CT molecular complexity index is 1010. The number of carbonyl (C=O) groups excluding carboxylic acids is 1. The topological polar surface area (TPSA) is 97.1 Å². The maximum atomic E-state index is 12.1. The molecule has 2 N–H and O–H groups in total. The zero-order valence-corrected chi connectivity index (χ0v) is 17.6. The minimum atomic E-state index is -0.242. The van der Waals surface area contributed by atoms with Crippen molar-refractivity contribution in [1.29, 1.82) is 0 Å². The molecular weight excluding hydrogens is 422 g/mol. The summed E-state index contributed by atoms with van der Waals surface area (Å²) < 4.78 is 1.91. The van der Waals surface area contributed by atoms with Gasteiger partial charge in [0.1, 0.15) is 0 Å². The van der Waals surface area contributed by atoms with Crippen molar-refractivity contribution >= 4 is 41.2 Å². The number of hydrogen-bond acceptors (Lipinski definition) is 7. The second kappa shape index (κ2) is 11.1. The van der Waals surface area contributed by atoms with Crippen molar-refractivity contribution in [2.75, 3.05) is 11.1 Å². The second-order valence-corrected chi connectivity index (χ2v) is 7.41.